The van der Waals surface area contributed by atoms with Crippen LogP contribution in [0.4, 0.5) is 34.1 Å². The Labute approximate surface area is 304 Å². The first-order valence-corrected chi connectivity index (χ1v) is 18.5. The van der Waals surface area contributed by atoms with Crippen molar-refractivity contribution in [2.75, 3.05) is 9.80 Å². The van der Waals surface area contributed by atoms with Crippen molar-refractivity contribution >= 4 is 34.1 Å². The fourth-order valence-corrected chi connectivity index (χ4v) is 7.07. The first kappa shape index (κ1) is 37.0. The maximum absolute atomic E-state index is 2.45. The van der Waals surface area contributed by atoms with E-state index in [0.717, 1.165) is 11.4 Å². The monoisotopic (exact) mass is 664 g/mol. The molecule has 0 bridgehead atoms. The second-order valence-corrected chi connectivity index (χ2v) is 17.1. The molecule has 0 N–H and O–H groups in total. The van der Waals surface area contributed by atoms with Gasteiger partial charge in [0, 0.05) is 22.7 Å². The van der Waals surface area contributed by atoms with E-state index < -0.39 is 0 Å². The van der Waals surface area contributed by atoms with Gasteiger partial charge in [0.15, 0.2) is 0 Å². The quantitative estimate of drug-likeness (QED) is 0.163. The summed E-state index contributed by atoms with van der Waals surface area (Å²) in [5.41, 5.74) is 17.8. The first-order valence-electron chi connectivity index (χ1n) is 18.5. The molecule has 0 unspecified atom stereocenters. The summed E-state index contributed by atoms with van der Waals surface area (Å²) in [6.45, 7) is 31.8. The van der Waals surface area contributed by atoms with Crippen molar-refractivity contribution < 1.29 is 0 Å². The third kappa shape index (κ3) is 7.70. The van der Waals surface area contributed by atoms with E-state index in [1.165, 1.54) is 67.3 Å². The lowest BCUT2D eigenvalue weighted by atomic mass is 9.84. The summed E-state index contributed by atoms with van der Waals surface area (Å²) < 4.78 is 0. The minimum atomic E-state index is 0.0810. The zero-order chi connectivity index (χ0) is 36.7. The summed E-state index contributed by atoms with van der Waals surface area (Å²) in [6.07, 6.45) is 0. The molecule has 2 heteroatoms. The van der Waals surface area contributed by atoms with Crippen LogP contribution >= 0.6 is 0 Å². The number of hydrogen-bond donors (Lipinski definition) is 0. The number of anilines is 6. The number of hydrogen-bond acceptors (Lipinski definition) is 2. The fourth-order valence-electron chi connectivity index (χ4n) is 7.07. The second-order valence-electron chi connectivity index (χ2n) is 17.1. The molecule has 0 aliphatic rings. The highest BCUT2D eigenvalue weighted by Crippen LogP contribution is 2.44. The van der Waals surface area contributed by atoms with Gasteiger partial charge in [-0.15, -0.1) is 0 Å². The summed E-state index contributed by atoms with van der Waals surface area (Å²) >= 11 is 0. The predicted octanol–water partition coefficient (Wildman–Crippen LogP) is 14.7. The average Bonchev–Trinajstić information content (AvgIpc) is 3.04. The Kier molecular flexibility index (Phi) is 10.5. The van der Waals surface area contributed by atoms with Gasteiger partial charge in [-0.05, 0) is 143 Å². The first-order chi connectivity index (χ1) is 23.4. The molecule has 262 valence electrons. The highest BCUT2D eigenvalue weighted by molar-refractivity contribution is 5.85. The van der Waals surface area contributed by atoms with Crippen molar-refractivity contribution in [1.82, 2.24) is 0 Å². The normalized spacial score (nSPS) is 12.2. The minimum absolute atomic E-state index is 0.0810. The van der Waals surface area contributed by atoms with Gasteiger partial charge in [-0.25, -0.2) is 0 Å². The molecular formula is C48H60N2. The van der Waals surface area contributed by atoms with Crippen LogP contribution in [-0.4, -0.2) is 0 Å². The summed E-state index contributed by atoms with van der Waals surface area (Å²) in [5, 5.41) is 0. The molecule has 0 saturated heterocycles. The largest absolute Gasteiger partial charge is 0.310 e. The van der Waals surface area contributed by atoms with Gasteiger partial charge >= 0.3 is 0 Å². The van der Waals surface area contributed by atoms with Gasteiger partial charge in [-0.1, -0.05) is 118 Å². The molecule has 2 nitrogen and oxygen atoms in total. The van der Waals surface area contributed by atoms with Crippen LogP contribution in [0.3, 0.4) is 0 Å². The van der Waals surface area contributed by atoms with E-state index in [1.807, 2.05) is 0 Å². The SMILES string of the molecule is Cc1cc(C(C)(C)C)cc(C)c1N(c1ccc(C(C)C)cc1)c1ccc(N(c2ccc(C(C)C)cc2)c2c(C)cc(C(C)(C)C)cc2C)cc1. The summed E-state index contributed by atoms with van der Waals surface area (Å²) in [5.74, 6) is 0.965. The zero-order valence-electron chi connectivity index (χ0n) is 33.3. The van der Waals surface area contributed by atoms with Gasteiger partial charge in [0.1, 0.15) is 0 Å². The zero-order valence-corrected chi connectivity index (χ0v) is 33.3. The Hall–Kier alpha value is -4.30. The van der Waals surface area contributed by atoms with E-state index in [9.17, 15) is 0 Å². The molecule has 0 radical (unpaired) electrons. The van der Waals surface area contributed by atoms with Crippen LogP contribution in [0, 0.1) is 27.7 Å². The molecule has 0 spiro atoms. The van der Waals surface area contributed by atoms with Crippen LogP contribution < -0.4 is 9.80 Å². The van der Waals surface area contributed by atoms with Gasteiger partial charge in [0.2, 0.25) is 0 Å². The van der Waals surface area contributed by atoms with E-state index in [4.69, 9.17) is 0 Å². The van der Waals surface area contributed by atoms with E-state index in [0.29, 0.717) is 11.8 Å². The standard InChI is InChI=1S/C48H60N2/c1-31(2)37-15-19-41(20-16-37)49(45-33(5)27-39(28-34(45)6)47(9,10)11)43-23-25-44(26-24-43)50(42-21-17-38(18-22-42)32(3)4)46-35(7)29-40(30-36(46)8)48(12,13)14/h15-32H,1-14H3. The molecule has 0 aliphatic heterocycles. The molecule has 5 aromatic rings. The van der Waals surface area contributed by atoms with E-state index >= 15 is 0 Å². The number of nitrogens with zero attached hydrogens (tertiary/aromatic N) is 2. The molecule has 0 amide bonds. The minimum Gasteiger partial charge on any atom is -0.310 e. The number of rotatable bonds is 8. The van der Waals surface area contributed by atoms with Crippen LogP contribution in [0.15, 0.2) is 97.1 Å². The smallest absolute Gasteiger partial charge is 0.0520 e. The van der Waals surface area contributed by atoms with E-state index in [1.54, 1.807) is 0 Å². The Morgan fingerprint density at radius 2 is 0.600 bits per heavy atom. The van der Waals surface area contributed by atoms with Gasteiger partial charge in [-0.3, -0.25) is 0 Å². The third-order valence-corrected chi connectivity index (χ3v) is 10.2. The molecule has 0 aliphatic carbocycles. The fraction of sp³-hybridized carbons (Fsp3) is 0.375. The van der Waals surface area contributed by atoms with Gasteiger partial charge < -0.3 is 9.80 Å². The number of aryl methyl sites for hydroxylation is 4. The Morgan fingerprint density at radius 3 is 0.800 bits per heavy atom. The van der Waals surface area contributed by atoms with Gasteiger partial charge in [0.25, 0.3) is 0 Å². The van der Waals surface area contributed by atoms with Crippen molar-refractivity contribution in [2.45, 2.75) is 120 Å². The van der Waals surface area contributed by atoms with Crippen molar-refractivity contribution in [3.8, 4) is 0 Å². The molecule has 5 aromatic carbocycles. The van der Waals surface area contributed by atoms with Crippen molar-refractivity contribution in [2.24, 2.45) is 0 Å². The maximum atomic E-state index is 2.45. The predicted molar refractivity (Wildman–Crippen MR) is 220 cm³/mol. The third-order valence-electron chi connectivity index (χ3n) is 10.2. The summed E-state index contributed by atoms with van der Waals surface area (Å²) in [4.78, 5) is 4.89. The molecule has 50 heavy (non-hydrogen) atoms. The molecule has 5 rings (SSSR count). The summed E-state index contributed by atoms with van der Waals surface area (Å²) in [7, 11) is 0. The van der Waals surface area contributed by atoms with Crippen LogP contribution in [0.25, 0.3) is 0 Å². The summed E-state index contributed by atoms with van der Waals surface area (Å²) in [6, 6.07) is 37.0. The van der Waals surface area contributed by atoms with Crippen LogP contribution in [0.2, 0.25) is 0 Å². The van der Waals surface area contributed by atoms with Gasteiger partial charge in [0.05, 0.1) is 11.4 Å². The lowest BCUT2D eigenvalue weighted by Gasteiger charge is -2.33. The van der Waals surface area contributed by atoms with Gasteiger partial charge in [-0.2, -0.15) is 0 Å². The lowest BCUT2D eigenvalue weighted by Crippen LogP contribution is -2.17. The Balaban J connectivity index is 1.68. The Morgan fingerprint density at radius 1 is 0.380 bits per heavy atom. The number of benzene rings is 5. The molecule has 0 heterocycles. The highest BCUT2D eigenvalue weighted by Gasteiger charge is 2.24. The highest BCUT2D eigenvalue weighted by atomic mass is 15.2. The van der Waals surface area contributed by atoms with Crippen LogP contribution in [-0.2, 0) is 10.8 Å². The maximum Gasteiger partial charge on any atom is 0.0520 e. The molecule has 0 fully saturated rings. The topological polar surface area (TPSA) is 6.48 Å². The van der Waals surface area contributed by atoms with Crippen molar-refractivity contribution in [3.63, 3.8) is 0 Å². The van der Waals surface area contributed by atoms with Crippen LogP contribution in [0.5, 0.6) is 0 Å². The Bertz CT molecular complexity index is 1740. The molecular weight excluding hydrogens is 605 g/mol. The lowest BCUT2D eigenvalue weighted by molar-refractivity contribution is 0.589. The molecule has 0 atom stereocenters. The van der Waals surface area contributed by atoms with E-state index in [-0.39, 0.29) is 10.8 Å². The van der Waals surface area contributed by atoms with Crippen LogP contribution in [0.1, 0.15) is 126 Å². The van der Waals surface area contributed by atoms with Crippen molar-refractivity contribution in [1.29, 1.82) is 0 Å². The molecule has 0 saturated carbocycles. The molecule has 0 aromatic heterocycles. The second kappa shape index (κ2) is 14.1. The van der Waals surface area contributed by atoms with Crippen molar-refractivity contribution in [3.05, 3.63) is 142 Å². The van der Waals surface area contributed by atoms with E-state index in [2.05, 4.69) is 204 Å². The average molecular weight is 665 g/mol.